The van der Waals surface area contributed by atoms with Gasteiger partial charge in [0.15, 0.2) is 5.76 Å². The van der Waals surface area contributed by atoms with E-state index in [1.165, 1.54) is 12.8 Å². The normalized spacial score (nSPS) is 24.4. The van der Waals surface area contributed by atoms with E-state index in [0.29, 0.717) is 24.0 Å². The highest BCUT2D eigenvalue weighted by atomic mass is 32.2. The molecule has 3 rings (SSSR count). The second-order valence-corrected chi connectivity index (χ2v) is 7.93. The molecule has 0 amide bonds. The summed E-state index contributed by atoms with van der Waals surface area (Å²) >= 11 is 0. The van der Waals surface area contributed by atoms with E-state index in [1.807, 2.05) is 0 Å². The minimum atomic E-state index is -3.52. The summed E-state index contributed by atoms with van der Waals surface area (Å²) in [7, 11) is -3.52. The van der Waals surface area contributed by atoms with Gasteiger partial charge in [-0.1, -0.05) is 11.6 Å². The third kappa shape index (κ3) is 3.00. The van der Waals surface area contributed by atoms with Crippen LogP contribution >= 0.6 is 0 Å². The standard InChI is InChI=1S/C14H23N3O3S/c1-10-14(11(2)20-16-10)21(18,19)17-8-4-3-5-13(17)9-15-12-6-7-12/h12-13,15H,3-9H2,1-2H3. The molecule has 1 aliphatic heterocycles. The van der Waals surface area contributed by atoms with Crippen molar-refractivity contribution in [3.8, 4) is 0 Å². The number of hydrogen-bond donors (Lipinski definition) is 1. The van der Waals surface area contributed by atoms with Crippen LogP contribution in [0.1, 0.15) is 43.6 Å². The van der Waals surface area contributed by atoms with Gasteiger partial charge in [-0.2, -0.15) is 4.31 Å². The van der Waals surface area contributed by atoms with Gasteiger partial charge in [0.1, 0.15) is 10.6 Å². The van der Waals surface area contributed by atoms with Gasteiger partial charge >= 0.3 is 0 Å². The lowest BCUT2D eigenvalue weighted by atomic mass is 10.1. The molecule has 0 aromatic carbocycles. The van der Waals surface area contributed by atoms with Crippen LogP contribution < -0.4 is 5.32 Å². The van der Waals surface area contributed by atoms with Gasteiger partial charge < -0.3 is 9.84 Å². The van der Waals surface area contributed by atoms with Crippen LogP contribution in [0.3, 0.4) is 0 Å². The number of rotatable bonds is 5. The third-order valence-electron chi connectivity index (χ3n) is 4.33. The fraction of sp³-hybridized carbons (Fsp3) is 0.786. The van der Waals surface area contributed by atoms with Crippen molar-refractivity contribution in [1.82, 2.24) is 14.8 Å². The molecule has 2 aliphatic rings. The summed E-state index contributed by atoms with van der Waals surface area (Å²) in [5, 5.41) is 7.25. The molecule has 21 heavy (non-hydrogen) atoms. The van der Waals surface area contributed by atoms with Gasteiger partial charge in [-0.25, -0.2) is 8.42 Å². The highest BCUT2D eigenvalue weighted by molar-refractivity contribution is 7.89. The lowest BCUT2D eigenvalue weighted by molar-refractivity contribution is 0.244. The van der Waals surface area contributed by atoms with Gasteiger partial charge in [-0.05, 0) is 39.5 Å². The van der Waals surface area contributed by atoms with E-state index < -0.39 is 10.0 Å². The zero-order chi connectivity index (χ0) is 15.0. The van der Waals surface area contributed by atoms with Crippen LogP contribution in [0.4, 0.5) is 0 Å². The number of hydrogen-bond acceptors (Lipinski definition) is 5. The summed E-state index contributed by atoms with van der Waals surface area (Å²) in [6, 6.07) is 0.633. The first kappa shape index (κ1) is 15.0. The zero-order valence-corrected chi connectivity index (χ0v) is 13.4. The molecule has 1 aromatic heterocycles. The van der Waals surface area contributed by atoms with E-state index in [2.05, 4.69) is 10.5 Å². The van der Waals surface area contributed by atoms with Gasteiger partial charge in [0.25, 0.3) is 0 Å². The van der Waals surface area contributed by atoms with Gasteiger partial charge in [-0.15, -0.1) is 0 Å². The van der Waals surface area contributed by atoms with Crippen molar-refractivity contribution in [1.29, 1.82) is 0 Å². The summed E-state index contributed by atoms with van der Waals surface area (Å²) in [6.07, 6.45) is 5.35. The summed E-state index contributed by atoms with van der Waals surface area (Å²) in [6.45, 7) is 4.68. The lowest BCUT2D eigenvalue weighted by Gasteiger charge is -2.34. The second-order valence-electron chi connectivity index (χ2n) is 6.10. The summed E-state index contributed by atoms with van der Waals surface area (Å²) in [5.74, 6) is 0.381. The van der Waals surface area contributed by atoms with Crippen LogP contribution in [-0.4, -0.2) is 43.1 Å². The fourth-order valence-corrected chi connectivity index (χ4v) is 5.03. The minimum absolute atomic E-state index is 0.0399. The number of nitrogens with one attached hydrogen (secondary N) is 1. The number of nitrogens with zero attached hydrogens (tertiary/aromatic N) is 2. The Hall–Kier alpha value is -0.920. The van der Waals surface area contributed by atoms with E-state index in [9.17, 15) is 8.42 Å². The van der Waals surface area contributed by atoms with Crippen LogP contribution in [0.2, 0.25) is 0 Å². The Balaban J connectivity index is 1.83. The first-order valence-corrected chi connectivity index (χ1v) is 9.12. The molecule has 0 radical (unpaired) electrons. The highest BCUT2D eigenvalue weighted by Gasteiger charge is 2.37. The Morgan fingerprint density at radius 3 is 2.67 bits per heavy atom. The molecule has 1 N–H and O–H groups in total. The van der Waals surface area contributed by atoms with Gasteiger partial charge in [0.2, 0.25) is 10.0 Å². The van der Waals surface area contributed by atoms with E-state index in [1.54, 1.807) is 18.2 Å². The fourth-order valence-electron chi connectivity index (χ4n) is 3.04. The largest absolute Gasteiger partial charge is 0.360 e. The molecule has 6 nitrogen and oxygen atoms in total. The third-order valence-corrected chi connectivity index (χ3v) is 6.52. The van der Waals surface area contributed by atoms with Crippen LogP contribution in [0.15, 0.2) is 9.42 Å². The molecule has 1 aliphatic carbocycles. The lowest BCUT2D eigenvalue weighted by Crippen LogP contribution is -2.48. The summed E-state index contributed by atoms with van der Waals surface area (Å²) in [5.41, 5.74) is 0.451. The SMILES string of the molecule is Cc1noc(C)c1S(=O)(=O)N1CCCCC1CNC1CC1. The van der Waals surface area contributed by atoms with Crippen molar-refractivity contribution in [2.24, 2.45) is 0 Å². The molecule has 118 valence electrons. The predicted octanol–water partition coefficient (Wildman–Crippen LogP) is 1.59. The Kier molecular flexibility index (Phi) is 4.07. The van der Waals surface area contributed by atoms with Crippen LogP contribution in [0.25, 0.3) is 0 Å². The zero-order valence-electron chi connectivity index (χ0n) is 12.6. The highest BCUT2D eigenvalue weighted by Crippen LogP contribution is 2.29. The molecule has 1 saturated carbocycles. The average Bonchev–Trinajstić information content (AvgIpc) is 3.21. The predicted molar refractivity (Wildman–Crippen MR) is 78.5 cm³/mol. The minimum Gasteiger partial charge on any atom is -0.360 e. The van der Waals surface area contributed by atoms with Gasteiger partial charge in [0, 0.05) is 25.2 Å². The maximum Gasteiger partial charge on any atom is 0.248 e. The molecule has 1 aromatic rings. The molecular weight excluding hydrogens is 290 g/mol. The number of aryl methyl sites for hydroxylation is 2. The molecule has 1 atom stereocenters. The maximum absolute atomic E-state index is 13.0. The smallest absolute Gasteiger partial charge is 0.248 e. The number of sulfonamides is 1. The Labute approximate surface area is 125 Å². The quantitative estimate of drug-likeness (QED) is 0.893. The van der Waals surface area contributed by atoms with Crippen molar-refractivity contribution in [2.45, 2.75) is 62.9 Å². The van der Waals surface area contributed by atoms with Crippen molar-refractivity contribution in [3.05, 3.63) is 11.5 Å². The molecule has 2 heterocycles. The van der Waals surface area contributed by atoms with E-state index >= 15 is 0 Å². The van der Waals surface area contributed by atoms with Crippen molar-refractivity contribution in [2.75, 3.05) is 13.1 Å². The van der Waals surface area contributed by atoms with Gasteiger partial charge in [-0.3, -0.25) is 0 Å². The summed E-state index contributed by atoms with van der Waals surface area (Å²) in [4.78, 5) is 0.251. The Morgan fingerprint density at radius 2 is 2.05 bits per heavy atom. The molecule has 7 heteroatoms. The maximum atomic E-state index is 13.0. The molecular formula is C14H23N3O3S. The molecule has 1 saturated heterocycles. The van der Waals surface area contributed by atoms with Crippen LogP contribution in [-0.2, 0) is 10.0 Å². The van der Waals surface area contributed by atoms with Crippen LogP contribution in [0, 0.1) is 13.8 Å². The number of aromatic nitrogens is 1. The Bertz CT molecular complexity index is 587. The first-order valence-electron chi connectivity index (χ1n) is 7.68. The second kappa shape index (κ2) is 5.70. The van der Waals surface area contributed by atoms with E-state index in [0.717, 1.165) is 25.8 Å². The summed E-state index contributed by atoms with van der Waals surface area (Å²) < 4.78 is 32.6. The number of piperidine rings is 1. The molecule has 2 fully saturated rings. The molecule has 0 spiro atoms. The van der Waals surface area contributed by atoms with Crippen molar-refractivity contribution >= 4 is 10.0 Å². The van der Waals surface area contributed by atoms with Gasteiger partial charge in [0.05, 0.1) is 0 Å². The Morgan fingerprint density at radius 1 is 1.29 bits per heavy atom. The van der Waals surface area contributed by atoms with E-state index in [4.69, 9.17) is 4.52 Å². The van der Waals surface area contributed by atoms with Crippen molar-refractivity contribution < 1.29 is 12.9 Å². The molecule has 1 unspecified atom stereocenters. The molecule has 0 bridgehead atoms. The average molecular weight is 313 g/mol. The van der Waals surface area contributed by atoms with Crippen molar-refractivity contribution in [3.63, 3.8) is 0 Å². The topological polar surface area (TPSA) is 75.4 Å². The van der Waals surface area contributed by atoms with E-state index in [-0.39, 0.29) is 10.9 Å². The first-order chi connectivity index (χ1) is 10.00. The van der Waals surface area contributed by atoms with Crippen LogP contribution in [0.5, 0.6) is 0 Å². The monoisotopic (exact) mass is 313 g/mol.